The summed E-state index contributed by atoms with van der Waals surface area (Å²) in [5.41, 5.74) is 4.63. The summed E-state index contributed by atoms with van der Waals surface area (Å²) in [6, 6.07) is 5.06. The monoisotopic (exact) mass is 354 g/mol. The van der Waals surface area contributed by atoms with Gasteiger partial charge in [-0.05, 0) is 80.6 Å². The average molecular weight is 354 g/mol. The Morgan fingerprint density at radius 3 is 2.35 bits per heavy atom. The molecule has 0 atom stereocenters. The van der Waals surface area contributed by atoms with E-state index in [1.807, 2.05) is 13.8 Å². The van der Waals surface area contributed by atoms with Crippen LogP contribution in [-0.4, -0.2) is 21.2 Å². The lowest BCUT2D eigenvalue weighted by atomic mass is 9.98. The van der Waals surface area contributed by atoms with Crippen molar-refractivity contribution in [2.45, 2.75) is 34.6 Å². The van der Waals surface area contributed by atoms with Gasteiger partial charge >= 0.3 is 5.97 Å². The SMILES string of the molecule is Cc1cc(C(=O)O)c(C)c(-c2noc(-c3cc(C)c(C)c(C)c3F)n2)c1. The van der Waals surface area contributed by atoms with Gasteiger partial charge in [-0.2, -0.15) is 4.98 Å². The van der Waals surface area contributed by atoms with Crippen LogP contribution in [0.1, 0.15) is 38.2 Å². The molecule has 6 heteroatoms. The van der Waals surface area contributed by atoms with Crippen LogP contribution < -0.4 is 0 Å². The maximum Gasteiger partial charge on any atom is 0.335 e. The van der Waals surface area contributed by atoms with Gasteiger partial charge in [-0.3, -0.25) is 0 Å². The summed E-state index contributed by atoms with van der Waals surface area (Å²) in [6.45, 7) is 8.95. The molecule has 0 unspecified atom stereocenters. The van der Waals surface area contributed by atoms with Crippen LogP contribution in [0.15, 0.2) is 22.7 Å². The highest BCUT2D eigenvalue weighted by atomic mass is 19.1. The number of carbonyl (C=O) groups is 1. The van der Waals surface area contributed by atoms with Gasteiger partial charge in [-0.15, -0.1) is 0 Å². The molecule has 3 aromatic rings. The van der Waals surface area contributed by atoms with Gasteiger partial charge in [0.15, 0.2) is 0 Å². The largest absolute Gasteiger partial charge is 0.478 e. The Labute approximate surface area is 150 Å². The van der Waals surface area contributed by atoms with E-state index in [1.165, 1.54) is 0 Å². The fourth-order valence-corrected chi connectivity index (χ4v) is 2.96. The topological polar surface area (TPSA) is 76.2 Å². The quantitative estimate of drug-likeness (QED) is 0.732. The molecule has 0 aliphatic heterocycles. The van der Waals surface area contributed by atoms with E-state index < -0.39 is 11.8 Å². The number of carboxylic acids is 1. The molecule has 0 amide bonds. The van der Waals surface area contributed by atoms with Gasteiger partial charge in [0.25, 0.3) is 5.89 Å². The second-order valence-electron chi connectivity index (χ2n) is 6.52. The summed E-state index contributed by atoms with van der Waals surface area (Å²) < 4.78 is 19.9. The van der Waals surface area contributed by atoms with Crippen LogP contribution in [0.3, 0.4) is 0 Å². The van der Waals surface area contributed by atoms with E-state index in [1.54, 1.807) is 39.0 Å². The van der Waals surface area contributed by atoms with Gasteiger partial charge in [-0.25, -0.2) is 9.18 Å². The first-order chi connectivity index (χ1) is 12.2. The molecular formula is C20H19FN2O3. The molecule has 134 valence electrons. The highest BCUT2D eigenvalue weighted by molar-refractivity contribution is 5.92. The van der Waals surface area contributed by atoms with Crippen molar-refractivity contribution in [1.82, 2.24) is 10.1 Å². The number of hydrogen-bond acceptors (Lipinski definition) is 4. The molecule has 0 bridgehead atoms. The zero-order valence-corrected chi connectivity index (χ0v) is 15.3. The lowest BCUT2D eigenvalue weighted by Crippen LogP contribution is -2.02. The van der Waals surface area contributed by atoms with Crippen molar-refractivity contribution >= 4 is 5.97 Å². The standard InChI is InChI=1S/C20H19FN2O3/c1-9-6-14(13(5)15(7-9)20(24)25)18-22-19(26-23-18)16-8-10(2)11(3)12(4)17(16)21/h6-8H,1-5H3,(H,24,25). The molecule has 0 fully saturated rings. The number of halogens is 1. The number of benzene rings is 2. The summed E-state index contributed by atoms with van der Waals surface area (Å²) in [5.74, 6) is -1.11. The molecule has 0 aliphatic rings. The minimum absolute atomic E-state index is 0.0708. The molecular weight excluding hydrogens is 335 g/mol. The lowest BCUT2D eigenvalue weighted by molar-refractivity contribution is 0.0696. The minimum atomic E-state index is -1.02. The molecule has 0 saturated heterocycles. The highest BCUT2D eigenvalue weighted by Gasteiger charge is 2.20. The molecule has 1 heterocycles. The fourth-order valence-electron chi connectivity index (χ4n) is 2.96. The third-order valence-electron chi connectivity index (χ3n) is 4.76. The van der Waals surface area contributed by atoms with Gasteiger partial charge < -0.3 is 9.63 Å². The van der Waals surface area contributed by atoms with Gasteiger partial charge in [-0.1, -0.05) is 5.16 Å². The van der Waals surface area contributed by atoms with E-state index in [-0.39, 0.29) is 22.8 Å². The van der Waals surface area contributed by atoms with Crippen molar-refractivity contribution in [3.8, 4) is 22.8 Å². The molecule has 5 nitrogen and oxygen atoms in total. The Hall–Kier alpha value is -3.02. The zero-order valence-electron chi connectivity index (χ0n) is 15.3. The third kappa shape index (κ3) is 2.87. The smallest absolute Gasteiger partial charge is 0.335 e. The summed E-state index contributed by atoms with van der Waals surface area (Å²) in [6.07, 6.45) is 0. The molecule has 26 heavy (non-hydrogen) atoms. The number of nitrogens with zero attached hydrogens (tertiary/aromatic N) is 2. The minimum Gasteiger partial charge on any atom is -0.478 e. The van der Waals surface area contributed by atoms with Crippen molar-refractivity contribution < 1.29 is 18.8 Å². The van der Waals surface area contributed by atoms with Crippen molar-refractivity contribution in [2.75, 3.05) is 0 Å². The highest BCUT2D eigenvalue weighted by Crippen LogP contribution is 2.31. The van der Waals surface area contributed by atoms with Crippen molar-refractivity contribution in [3.63, 3.8) is 0 Å². The lowest BCUT2D eigenvalue weighted by Gasteiger charge is -2.09. The van der Waals surface area contributed by atoms with Gasteiger partial charge in [0.1, 0.15) is 5.82 Å². The summed E-state index contributed by atoms with van der Waals surface area (Å²) in [7, 11) is 0. The van der Waals surface area contributed by atoms with E-state index >= 15 is 0 Å². The van der Waals surface area contributed by atoms with Crippen molar-refractivity contribution in [2.24, 2.45) is 0 Å². The first-order valence-corrected chi connectivity index (χ1v) is 8.16. The second-order valence-corrected chi connectivity index (χ2v) is 6.52. The van der Waals surface area contributed by atoms with E-state index in [0.29, 0.717) is 16.7 Å². The van der Waals surface area contributed by atoms with Crippen LogP contribution in [-0.2, 0) is 0 Å². The van der Waals surface area contributed by atoms with Gasteiger partial charge in [0.2, 0.25) is 5.82 Å². The molecule has 1 aromatic heterocycles. The Kier molecular flexibility index (Phi) is 4.36. The van der Waals surface area contributed by atoms with E-state index in [0.717, 1.165) is 16.7 Å². The predicted molar refractivity (Wildman–Crippen MR) is 95.8 cm³/mol. The number of aryl methyl sites for hydroxylation is 2. The second kappa shape index (κ2) is 6.37. The molecule has 2 aromatic carbocycles. The predicted octanol–water partition coefficient (Wildman–Crippen LogP) is 4.78. The van der Waals surface area contributed by atoms with Crippen LogP contribution in [0, 0.1) is 40.4 Å². The summed E-state index contributed by atoms with van der Waals surface area (Å²) in [4.78, 5) is 15.7. The number of carboxylic acid groups (broad SMARTS) is 1. The Balaban J connectivity index is 2.15. The molecule has 0 saturated carbocycles. The van der Waals surface area contributed by atoms with Crippen LogP contribution >= 0.6 is 0 Å². The van der Waals surface area contributed by atoms with Gasteiger partial charge in [0.05, 0.1) is 11.1 Å². The van der Waals surface area contributed by atoms with Crippen molar-refractivity contribution in [1.29, 1.82) is 0 Å². The first kappa shape index (κ1) is 17.8. The average Bonchev–Trinajstić information content (AvgIpc) is 3.07. The zero-order chi connectivity index (χ0) is 19.2. The number of aromatic nitrogens is 2. The van der Waals surface area contributed by atoms with Crippen LogP contribution in [0.25, 0.3) is 22.8 Å². The van der Waals surface area contributed by atoms with E-state index in [4.69, 9.17) is 4.52 Å². The third-order valence-corrected chi connectivity index (χ3v) is 4.76. The fraction of sp³-hybridized carbons (Fsp3) is 0.250. The number of hydrogen-bond donors (Lipinski definition) is 1. The maximum atomic E-state index is 14.6. The van der Waals surface area contributed by atoms with Crippen LogP contribution in [0.2, 0.25) is 0 Å². The Morgan fingerprint density at radius 1 is 1.00 bits per heavy atom. The normalized spacial score (nSPS) is 11.0. The number of rotatable bonds is 3. The Morgan fingerprint density at radius 2 is 1.69 bits per heavy atom. The van der Waals surface area contributed by atoms with Crippen LogP contribution in [0.5, 0.6) is 0 Å². The molecule has 0 spiro atoms. The van der Waals surface area contributed by atoms with E-state index in [9.17, 15) is 14.3 Å². The molecule has 3 rings (SSSR count). The maximum absolute atomic E-state index is 14.6. The van der Waals surface area contributed by atoms with Crippen molar-refractivity contribution in [3.05, 3.63) is 57.4 Å². The first-order valence-electron chi connectivity index (χ1n) is 8.16. The Bertz CT molecular complexity index is 1040. The van der Waals surface area contributed by atoms with Gasteiger partial charge in [0, 0.05) is 5.56 Å². The molecule has 0 radical (unpaired) electrons. The van der Waals surface area contributed by atoms with E-state index in [2.05, 4.69) is 10.1 Å². The summed E-state index contributed by atoms with van der Waals surface area (Å²) >= 11 is 0. The summed E-state index contributed by atoms with van der Waals surface area (Å²) in [5, 5.41) is 13.3. The number of aromatic carboxylic acids is 1. The molecule has 1 N–H and O–H groups in total. The molecule has 0 aliphatic carbocycles. The van der Waals surface area contributed by atoms with Crippen LogP contribution in [0.4, 0.5) is 4.39 Å².